The molecule has 0 aromatic carbocycles. The zero-order valence-electron chi connectivity index (χ0n) is 21.2. The third kappa shape index (κ3) is 8.29. The molecular weight excluding hydrogens is 458 g/mol. The van der Waals surface area contributed by atoms with Gasteiger partial charge in [0.1, 0.15) is 6.04 Å². The molecule has 1 rings (SSSR count). The zero-order valence-corrected chi connectivity index (χ0v) is 22.0. The van der Waals surface area contributed by atoms with Gasteiger partial charge >= 0.3 is 11.9 Å². The quantitative estimate of drug-likeness (QED) is 0.113. The second-order valence-corrected chi connectivity index (χ2v) is 9.64. The van der Waals surface area contributed by atoms with Gasteiger partial charge in [-0.05, 0) is 30.2 Å². The van der Waals surface area contributed by atoms with Gasteiger partial charge in [0.2, 0.25) is 5.91 Å². The molecule has 10 nitrogen and oxygen atoms in total. The fraction of sp³-hybridized carbons (Fsp3) is 0.739. The van der Waals surface area contributed by atoms with E-state index in [0.717, 1.165) is 5.01 Å². The molecule has 0 aliphatic carbocycles. The highest BCUT2D eigenvalue weighted by Crippen LogP contribution is 2.30. The van der Waals surface area contributed by atoms with E-state index in [1.807, 2.05) is 41.5 Å². The Kier molecular flexibility index (Phi) is 12.6. The fourth-order valence-electron chi connectivity index (χ4n) is 3.53. The van der Waals surface area contributed by atoms with Gasteiger partial charge in [0.05, 0.1) is 12.1 Å². The molecule has 0 saturated heterocycles. The van der Waals surface area contributed by atoms with Crippen LogP contribution >= 0.6 is 11.3 Å². The van der Waals surface area contributed by atoms with E-state index in [-0.39, 0.29) is 54.5 Å². The minimum Gasteiger partial charge on any atom is -0.464 e. The average molecular weight is 496 g/mol. The number of azide groups is 1. The molecule has 11 heteroatoms. The highest BCUT2D eigenvalue weighted by atomic mass is 32.1. The molecule has 4 atom stereocenters. The molecule has 1 amide bonds. The lowest BCUT2D eigenvalue weighted by Crippen LogP contribution is -2.50. The van der Waals surface area contributed by atoms with E-state index in [9.17, 15) is 14.4 Å². The number of carbonyl (C=O) groups excluding carboxylic acids is 3. The maximum atomic E-state index is 13.6. The highest BCUT2D eigenvalue weighted by Gasteiger charge is 2.35. The van der Waals surface area contributed by atoms with Crippen molar-refractivity contribution in [3.63, 3.8) is 0 Å². The van der Waals surface area contributed by atoms with Crippen LogP contribution in [0.3, 0.4) is 0 Å². The normalized spacial score (nSPS) is 14.5. The first-order chi connectivity index (χ1) is 16.1. The van der Waals surface area contributed by atoms with Crippen LogP contribution in [0, 0.1) is 11.8 Å². The maximum absolute atomic E-state index is 13.6. The monoisotopic (exact) mass is 495 g/mol. The number of hydrogen-bond acceptors (Lipinski definition) is 8. The minimum atomic E-state index is -0.901. The van der Waals surface area contributed by atoms with E-state index < -0.39 is 12.0 Å². The summed E-state index contributed by atoms with van der Waals surface area (Å²) in [5, 5.41) is 6.17. The number of amides is 1. The predicted molar refractivity (Wildman–Crippen MR) is 130 cm³/mol. The number of hydrogen-bond donors (Lipinski definition) is 0. The Labute approximate surface area is 205 Å². The van der Waals surface area contributed by atoms with Crippen molar-refractivity contribution < 1.29 is 23.9 Å². The van der Waals surface area contributed by atoms with Crippen LogP contribution in [0.25, 0.3) is 10.4 Å². The molecule has 0 unspecified atom stereocenters. The molecule has 0 saturated carbocycles. The first-order valence-corrected chi connectivity index (χ1v) is 12.5. The van der Waals surface area contributed by atoms with Crippen LogP contribution in [0.2, 0.25) is 0 Å². The fourth-order valence-corrected chi connectivity index (χ4v) is 4.39. The molecule has 34 heavy (non-hydrogen) atoms. The van der Waals surface area contributed by atoms with Gasteiger partial charge < -0.3 is 14.4 Å². The number of aromatic nitrogens is 1. The predicted octanol–water partition coefficient (Wildman–Crippen LogP) is 5.30. The molecule has 190 valence electrons. The second kappa shape index (κ2) is 14.6. The van der Waals surface area contributed by atoms with Crippen molar-refractivity contribution in [2.24, 2.45) is 17.0 Å². The summed E-state index contributed by atoms with van der Waals surface area (Å²) in [7, 11) is 1.31. The number of ether oxygens (including phenoxy) is 2. The van der Waals surface area contributed by atoms with Crippen molar-refractivity contribution in [3.8, 4) is 0 Å². The first-order valence-electron chi connectivity index (χ1n) is 11.6. The van der Waals surface area contributed by atoms with Crippen LogP contribution in [-0.2, 0) is 19.1 Å². The zero-order chi connectivity index (χ0) is 25.8. The Bertz CT molecular complexity index is 868. The summed E-state index contributed by atoms with van der Waals surface area (Å²) in [5.74, 6) is -1.50. The number of methoxy groups -OCH3 is 1. The van der Waals surface area contributed by atoms with Crippen molar-refractivity contribution in [2.45, 2.75) is 85.2 Å². The van der Waals surface area contributed by atoms with Crippen LogP contribution in [0.1, 0.15) is 88.6 Å². The van der Waals surface area contributed by atoms with Crippen LogP contribution in [0.15, 0.2) is 10.5 Å². The molecule has 0 aliphatic rings. The molecule has 0 bridgehead atoms. The summed E-state index contributed by atoms with van der Waals surface area (Å²) in [6.45, 7) is 11.4. The number of rotatable bonds is 14. The van der Waals surface area contributed by atoms with Crippen LogP contribution in [0.5, 0.6) is 0 Å². The molecule has 0 aliphatic heterocycles. The summed E-state index contributed by atoms with van der Waals surface area (Å²) in [6.07, 6.45) is 2.06. The van der Waals surface area contributed by atoms with Gasteiger partial charge in [-0.15, -0.1) is 11.3 Å². The molecule has 1 heterocycles. The third-order valence-electron chi connectivity index (χ3n) is 5.82. The molecule has 0 fully saturated rings. The van der Waals surface area contributed by atoms with E-state index in [1.54, 1.807) is 5.38 Å². The smallest absolute Gasteiger partial charge is 0.357 e. The Morgan fingerprint density at radius 2 is 1.91 bits per heavy atom. The lowest BCUT2D eigenvalue weighted by atomic mass is 9.91. The SMILES string of the molecule is CCCC(=O)OCN(C(=O)[C@@H](N=[N+]=[N-])[C@@H](C)CC)[C@H](C[C@@H](C)c1nc(C(=O)OC)cs1)C(C)C. The van der Waals surface area contributed by atoms with Gasteiger partial charge in [-0.2, -0.15) is 0 Å². The summed E-state index contributed by atoms with van der Waals surface area (Å²) in [4.78, 5) is 46.3. The van der Waals surface area contributed by atoms with Crippen molar-refractivity contribution in [1.82, 2.24) is 9.88 Å². The third-order valence-corrected chi connectivity index (χ3v) is 6.89. The summed E-state index contributed by atoms with van der Waals surface area (Å²) in [5.41, 5.74) is 9.31. The Hall–Kier alpha value is -2.65. The Morgan fingerprint density at radius 1 is 1.24 bits per heavy atom. The standard InChI is InChI=1S/C23H37N5O5S/c1-8-10-19(29)33-13-28(22(30)20(26-27-24)15(5)9-2)18(14(3)4)11-16(6)21-25-17(12-34-21)23(31)32-7/h12,14-16,18,20H,8-11,13H2,1-7H3/t15-,16+,18+,20-/m0/s1. The van der Waals surface area contributed by atoms with Crippen LogP contribution in [0.4, 0.5) is 0 Å². The van der Waals surface area contributed by atoms with Crippen molar-refractivity contribution in [2.75, 3.05) is 13.8 Å². The Balaban J connectivity index is 3.26. The topological polar surface area (TPSA) is 135 Å². The van der Waals surface area contributed by atoms with Crippen LogP contribution < -0.4 is 0 Å². The maximum Gasteiger partial charge on any atom is 0.357 e. The first kappa shape index (κ1) is 29.4. The number of carbonyl (C=O) groups is 3. The van der Waals surface area contributed by atoms with Crippen LogP contribution in [-0.4, -0.2) is 53.7 Å². The molecule has 0 spiro atoms. The highest BCUT2D eigenvalue weighted by molar-refractivity contribution is 7.09. The van der Waals surface area contributed by atoms with Crippen molar-refractivity contribution >= 4 is 29.2 Å². The molecule has 0 radical (unpaired) electrons. The number of thiazole rings is 1. The van der Waals surface area contributed by atoms with Gasteiger partial charge in [0.15, 0.2) is 12.4 Å². The molecular formula is C23H37N5O5S. The second-order valence-electron chi connectivity index (χ2n) is 8.75. The van der Waals surface area contributed by atoms with E-state index in [0.29, 0.717) is 19.3 Å². The lowest BCUT2D eigenvalue weighted by Gasteiger charge is -2.37. The van der Waals surface area contributed by atoms with E-state index in [4.69, 9.17) is 15.0 Å². The summed E-state index contributed by atoms with van der Waals surface area (Å²) < 4.78 is 10.2. The van der Waals surface area contributed by atoms with Crippen molar-refractivity contribution in [1.29, 1.82) is 0 Å². The van der Waals surface area contributed by atoms with E-state index in [1.165, 1.54) is 23.3 Å². The van der Waals surface area contributed by atoms with Gasteiger partial charge in [-0.25, -0.2) is 9.78 Å². The number of esters is 2. The number of nitrogens with zero attached hydrogens (tertiary/aromatic N) is 5. The molecule has 1 aromatic rings. The van der Waals surface area contributed by atoms with Gasteiger partial charge in [0, 0.05) is 28.7 Å². The summed E-state index contributed by atoms with van der Waals surface area (Å²) >= 11 is 1.36. The van der Waals surface area contributed by atoms with Gasteiger partial charge in [0.25, 0.3) is 0 Å². The largest absolute Gasteiger partial charge is 0.464 e. The van der Waals surface area contributed by atoms with E-state index >= 15 is 0 Å². The van der Waals surface area contributed by atoms with Gasteiger partial charge in [-0.1, -0.05) is 53.1 Å². The van der Waals surface area contributed by atoms with Gasteiger partial charge in [-0.3, -0.25) is 9.59 Å². The lowest BCUT2D eigenvalue weighted by molar-refractivity contribution is -0.157. The minimum absolute atomic E-state index is 0.0139. The Morgan fingerprint density at radius 3 is 2.44 bits per heavy atom. The van der Waals surface area contributed by atoms with Crippen molar-refractivity contribution in [3.05, 3.63) is 26.5 Å². The molecule has 0 N–H and O–H groups in total. The van der Waals surface area contributed by atoms with E-state index in [2.05, 4.69) is 15.0 Å². The average Bonchev–Trinajstić information content (AvgIpc) is 3.31. The summed E-state index contributed by atoms with van der Waals surface area (Å²) in [6, 6.07) is -1.22. The molecule has 1 aromatic heterocycles.